The second kappa shape index (κ2) is 13.6. The number of benzene rings is 4. The molecule has 4 N–H and O–H groups in total. The van der Waals surface area contributed by atoms with Crippen LogP contribution in [0, 0.1) is 0 Å². The molecule has 4 aromatic rings. The molecule has 198 valence electrons. The maximum atomic E-state index is 13.3. The predicted molar refractivity (Wildman–Crippen MR) is 150 cm³/mol. The number of hydrogen-bond donors (Lipinski definition) is 3. The predicted octanol–water partition coefficient (Wildman–Crippen LogP) is 4.47. The van der Waals surface area contributed by atoms with Gasteiger partial charge in [-0.3, -0.25) is 14.4 Å². The smallest absolute Gasteiger partial charge is 0.248 e. The Morgan fingerprint density at radius 1 is 0.718 bits per heavy atom. The zero-order valence-corrected chi connectivity index (χ0v) is 21.5. The van der Waals surface area contributed by atoms with Gasteiger partial charge in [-0.05, 0) is 52.9 Å². The molecule has 7 heteroatoms. The molecule has 0 saturated heterocycles. The third-order valence-electron chi connectivity index (χ3n) is 6.22. The monoisotopic (exact) mass is 521 g/mol. The van der Waals surface area contributed by atoms with Crippen molar-refractivity contribution in [3.05, 3.63) is 137 Å². The van der Waals surface area contributed by atoms with E-state index in [-0.39, 0.29) is 24.8 Å². The first-order valence-electron chi connectivity index (χ1n) is 12.7. The van der Waals surface area contributed by atoms with E-state index in [4.69, 9.17) is 10.5 Å². The quantitative estimate of drug-likeness (QED) is 0.255. The van der Waals surface area contributed by atoms with Crippen molar-refractivity contribution in [1.29, 1.82) is 0 Å². The molecule has 7 nitrogen and oxygen atoms in total. The number of amides is 3. The minimum atomic E-state index is -0.888. The molecule has 0 aromatic heterocycles. The summed E-state index contributed by atoms with van der Waals surface area (Å²) in [4.78, 5) is 37.4. The van der Waals surface area contributed by atoms with E-state index in [0.29, 0.717) is 29.9 Å². The van der Waals surface area contributed by atoms with Crippen LogP contribution in [0.4, 0.5) is 0 Å². The zero-order chi connectivity index (χ0) is 27.5. The summed E-state index contributed by atoms with van der Waals surface area (Å²) in [7, 11) is 0. The van der Waals surface area contributed by atoms with E-state index in [9.17, 15) is 14.4 Å². The van der Waals surface area contributed by atoms with Gasteiger partial charge >= 0.3 is 0 Å². The van der Waals surface area contributed by atoms with Crippen LogP contribution < -0.4 is 21.1 Å². The molecule has 4 rings (SSSR count). The highest BCUT2D eigenvalue weighted by Crippen LogP contribution is 2.20. The Labute approximate surface area is 228 Å². The first-order valence-corrected chi connectivity index (χ1v) is 12.7. The van der Waals surface area contributed by atoms with Crippen molar-refractivity contribution in [2.45, 2.75) is 32.0 Å². The molecule has 0 heterocycles. The van der Waals surface area contributed by atoms with Gasteiger partial charge in [0.05, 0.1) is 0 Å². The van der Waals surface area contributed by atoms with Crippen LogP contribution in [0.2, 0.25) is 0 Å². The van der Waals surface area contributed by atoms with Crippen molar-refractivity contribution in [1.82, 2.24) is 10.6 Å². The van der Waals surface area contributed by atoms with Gasteiger partial charge in [0, 0.05) is 18.5 Å². The van der Waals surface area contributed by atoms with Crippen molar-refractivity contribution in [2.75, 3.05) is 0 Å². The lowest BCUT2D eigenvalue weighted by Gasteiger charge is -2.20. The Kier molecular flexibility index (Phi) is 9.45. The molecule has 0 saturated carbocycles. The first-order chi connectivity index (χ1) is 19.0. The van der Waals surface area contributed by atoms with E-state index in [0.717, 1.165) is 16.7 Å². The third-order valence-corrected chi connectivity index (χ3v) is 6.22. The van der Waals surface area contributed by atoms with Crippen LogP contribution in [0.3, 0.4) is 0 Å². The summed E-state index contributed by atoms with van der Waals surface area (Å²) in [5.41, 5.74) is 9.22. The van der Waals surface area contributed by atoms with Crippen molar-refractivity contribution in [2.24, 2.45) is 5.73 Å². The Hall–Kier alpha value is -4.91. The molecule has 0 unspecified atom stereocenters. The molecule has 4 aromatic carbocycles. The van der Waals surface area contributed by atoms with Gasteiger partial charge in [-0.2, -0.15) is 0 Å². The van der Waals surface area contributed by atoms with Gasteiger partial charge < -0.3 is 21.1 Å². The summed E-state index contributed by atoms with van der Waals surface area (Å²) >= 11 is 0. The second-order valence-electron chi connectivity index (χ2n) is 9.11. The highest BCUT2D eigenvalue weighted by Gasteiger charge is 2.23. The number of nitrogens with one attached hydrogen (secondary N) is 2. The standard InChI is InChI=1S/C32H31N3O4/c33-31(37)27-14-11-24(12-15-27)21-34-32(38)30(35-29(36)20-13-23-7-3-1-4-8-23)26-16-18-28(19-17-26)39-22-25-9-5-2-6-10-25/h1-12,14-19,30H,13,20-22H2,(H2,33,37)(H,34,38)(H,35,36)/t30-/m0/s1. The summed E-state index contributed by atoms with van der Waals surface area (Å²) in [6.07, 6.45) is 0.820. The molecule has 0 bridgehead atoms. The van der Waals surface area contributed by atoms with Gasteiger partial charge in [0.25, 0.3) is 0 Å². The van der Waals surface area contributed by atoms with E-state index >= 15 is 0 Å². The van der Waals surface area contributed by atoms with Gasteiger partial charge in [0.1, 0.15) is 18.4 Å². The van der Waals surface area contributed by atoms with Crippen molar-refractivity contribution in [3.63, 3.8) is 0 Å². The summed E-state index contributed by atoms with van der Waals surface area (Å²) < 4.78 is 5.87. The fourth-order valence-electron chi connectivity index (χ4n) is 4.01. The Morgan fingerprint density at radius 2 is 1.33 bits per heavy atom. The Morgan fingerprint density at radius 3 is 1.95 bits per heavy atom. The fourth-order valence-corrected chi connectivity index (χ4v) is 4.01. The van der Waals surface area contributed by atoms with Gasteiger partial charge in [0.2, 0.25) is 17.7 Å². The maximum Gasteiger partial charge on any atom is 0.248 e. The summed E-state index contributed by atoms with van der Waals surface area (Å²) in [6, 6.07) is 32.5. The minimum Gasteiger partial charge on any atom is -0.489 e. The lowest BCUT2D eigenvalue weighted by Crippen LogP contribution is -2.40. The Bertz CT molecular complexity index is 1370. The van der Waals surface area contributed by atoms with E-state index in [1.807, 2.05) is 60.7 Å². The number of nitrogens with two attached hydrogens (primary N) is 1. The number of hydrogen-bond acceptors (Lipinski definition) is 4. The van der Waals surface area contributed by atoms with Crippen molar-refractivity contribution >= 4 is 17.7 Å². The molecule has 0 fully saturated rings. The third kappa shape index (κ3) is 8.30. The SMILES string of the molecule is NC(=O)c1ccc(CNC(=O)[C@@H](NC(=O)CCc2ccccc2)c2ccc(OCc3ccccc3)cc2)cc1. The van der Waals surface area contributed by atoms with E-state index < -0.39 is 11.9 Å². The molecular formula is C32H31N3O4. The van der Waals surface area contributed by atoms with Crippen LogP contribution in [-0.4, -0.2) is 17.7 Å². The molecule has 0 radical (unpaired) electrons. The molecule has 3 amide bonds. The van der Waals surface area contributed by atoms with Crippen LogP contribution in [0.15, 0.2) is 109 Å². The highest BCUT2D eigenvalue weighted by atomic mass is 16.5. The van der Waals surface area contributed by atoms with Gasteiger partial charge in [-0.1, -0.05) is 84.9 Å². The number of aryl methyl sites for hydroxylation is 1. The first kappa shape index (κ1) is 27.1. The van der Waals surface area contributed by atoms with Crippen molar-refractivity contribution < 1.29 is 19.1 Å². The van der Waals surface area contributed by atoms with Crippen LogP contribution in [0.1, 0.15) is 45.1 Å². The number of rotatable bonds is 12. The van der Waals surface area contributed by atoms with E-state index in [1.54, 1.807) is 48.5 Å². The molecule has 0 aliphatic heterocycles. The van der Waals surface area contributed by atoms with Crippen LogP contribution in [-0.2, 0) is 29.2 Å². The summed E-state index contributed by atoms with van der Waals surface area (Å²) in [6.45, 7) is 0.654. The van der Waals surface area contributed by atoms with E-state index in [1.165, 1.54) is 0 Å². The normalized spacial score (nSPS) is 11.3. The molecular weight excluding hydrogens is 490 g/mol. The highest BCUT2D eigenvalue weighted by molar-refractivity contribution is 5.92. The topological polar surface area (TPSA) is 111 Å². The lowest BCUT2D eigenvalue weighted by atomic mass is 10.0. The van der Waals surface area contributed by atoms with Gasteiger partial charge in [-0.15, -0.1) is 0 Å². The fraction of sp³-hybridized carbons (Fsp3) is 0.156. The molecule has 0 spiro atoms. The van der Waals surface area contributed by atoms with Crippen LogP contribution in [0.5, 0.6) is 5.75 Å². The largest absolute Gasteiger partial charge is 0.489 e. The number of primary amides is 1. The van der Waals surface area contributed by atoms with Crippen LogP contribution in [0.25, 0.3) is 0 Å². The molecule has 0 aliphatic rings. The lowest BCUT2D eigenvalue weighted by molar-refractivity contribution is -0.129. The molecule has 0 aliphatic carbocycles. The summed E-state index contributed by atoms with van der Waals surface area (Å²) in [5, 5.41) is 5.77. The average molecular weight is 522 g/mol. The average Bonchev–Trinajstić information content (AvgIpc) is 2.98. The molecule has 39 heavy (non-hydrogen) atoms. The Balaban J connectivity index is 1.42. The van der Waals surface area contributed by atoms with E-state index in [2.05, 4.69) is 10.6 Å². The van der Waals surface area contributed by atoms with Crippen molar-refractivity contribution in [3.8, 4) is 5.75 Å². The second-order valence-corrected chi connectivity index (χ2v) is 9.11. The molecule has 1 atom stereocenters. The number of carbonyl (C=O) groups is 3. The van der Waals surface area contributed by atoms with Gasteiger partial charge in [0.15, 0.2) is 0 Å². The minimum absolute atomic E-state index is 0.228. The zero-order valence-electron chi connectivity index (χ0n) is 21.5. The maximum absolute atomic E-state index is 13.3. The number of ether oxygens (including phenoxy) is 1. The number of carbonyl (C=O) groups excluding carboxylic acids is 3. The summed E-state index contributed by atoms with van der Waals surface area (Å²) in [5.74, 6) is -0.430. The van der Waals surface area contributed by atoms with Crippen LogP contribution >= 0.6 is 0 Å². The van der Waals surface area contributed by atoms with Gasteiger partial charge in [-0.25, -0.2) is 0 Å².